The number of allylic oxidation sites excluding steroid dienone is 1. The molecule has 78 valence electrons. The smallest absolute Gasteiger partial charge is 0.175 e. The number of hydrogen-bond acceptors (Lipinski definition) is 4. The van der Waals surface area contributed by atoms with Crippen LogP contribution in [-0.2, 0) is 14.6 Å². The van der Waals surface area contributed by atoms with Crippen molar-refractivity contribution in [3.8, 4) is 0 Å². The Hall–Kier alpha value is -0.550. The van der Waals surface area contributed by atoms with Gasteiger partial charge in [-0.15, -0.1) is 0 Å². The number of hydrogen-bond donors (Lipinski definition) is 1. The zero-order chi connectivity index (χ0) is 10.3. The van der Waals surface area contributed by atoms with Crippen LogP contribution in [-0.4, -0.2) is 27.4 Å². The molecule has 0 amide bonds. The second-order valence-electron chi connectivity index (χ2n) is 2.84. The van der Waals surface area contributed by atoms with Gasteiger partial charge in [-0.2, -0.15) is 0 Å². The Bertz CT molecular complexity index is 253. The van der Waals surface area contributed by atoms with Gasteiger partial charge in [-0.05, 0) is 13.3 Å². The molecule has 0 saturated carbocycles. The molecule has 0 radical (unpaired) electrons. The lowest BCUT2D eigenvalue weighted by Crippen LogP contribution is -2.11. The van der Waals surface area contributed by atoms with Gasteiger partial charge in [0.25, 0.3) is 0 Å². The fourth-order valence-electron chi connectivity index (χ4n) is 0.764. The quantitative estimate of drug-likeness (QED) is 0.649. The third-order valence-electron chi connectivity index (χ3n) is 1.23. The minimum absolute atomic E-state index is 0.00153. The van der Waals surface area contributed by atoms with Crippen LogP contribution in [0.5, 0.6) is 0 Å². The first-order valence-corrected chi connectivity index (χ1v) is 5.93. The molecule has 0 unspecified atom stereocenters. The zero-order valence-electron chi connectivity index (χ0n) is 8.12. The summed E-state index contributed by atoms with van der Waals surface area (Å²) in [5.41, 5.74) is 5.55. The first-order valence-electron chi connectivity index (χ1n) is 4.22. The van der Waals surface area contributed by atoms with Gasteiger partial charge in [0.1, 0.15) is 0 Å². The highest BCUT2D eigenvalue weighted by molar-refractivity contribution is 7.94. The Kier molecular flexibility index (Phi) is 5.73. The minimum atomic E-state index is -3.17. The third-order valence-corrected chi connectivity index (χ3v) is 2.69. The van der Waals surface area contributed by atoms with Crippen molar-refractivity contribution in [2.24, 2.45) is 5.73 Å². The highest BCUT2D eigenvalue weighted by Crippen LogP contribution is 1.95. The lowest BCUT2D eigenvalue weighted by molar-refractivity contribution is 0.150. The van der Waals surface area contributed by atoms with Crippen molar-refractivity contribution in [2.45, 2.75) is 20.3 Å². The molecule has 13 heavy (non-hydrogen) atoms. The summed E-state index contributed by atoms with van der Waals surface area (Å²) in [4.78, 5) is 0. The summed E-state index contributed by atoms with van der Waals surface area (Å²) < 4.78 is 27.4. The minimum Gasteiger partial charge on any atom is -0.402 e. The van der Waals surface area contributed by atoms with Crippen LogP contribution in [0.1, 0.15) is 20.3 Å². The molecule has 0 rings (SSSR count). The Morgan fingerprint density at radius 1 is 1.46 bits per heavy atom. The van der Waals surface area contributed by atoms with Crippen LogP contribution in [0.25, 0.3) is 0 Å². The zero-order valence-corrected chi connectivity index (χ0v) is 8.93. The Morgan fingerprint density at radius 2 is 2.08 bits per heavy atom. The van der Waals surface area contributed by atoms with E-state index in [-0.39, 0.29) is 12.4 Å². The van der Waals surface area contributed by atoms with Gasteiger partial charge in [0, 0.05) is 17.7 Å². The fraction of sp³-hybridized carbons (Fsp3) is 0.750. The molecular formula is C8H17NO3S. The van der Waals surface area contributed by atoms with Crippen molar-refractivity contribution in [1.29, 1.82) is 0 Å². The molecule has 0 fully saturated rings. The molecule has 0 aromatic heterocycles. The molecule has 0 aromatic rings. The van der Waals surface area contributed by atoms with Crippen LogP contribution in [0.3, 0.4) is 0 Å². The predicted octanol–water partition coefficient (Wildman–Crippen LogP) is 0.648. The number of nitrogens with two attached hydrogens (primary N) is 1. The molecule has 0 aliphatic carbocycles. The van der Waals surface area contributed by atoms with E-state index >= 15 is 0 Å². The van der Waals surface area contributed by atoms with Crippen LogP contribution < -0.4 is 5.73 Å². The van der Waals surface area contributed by atoms with E-state index in [1.165, 1.54) is 0 Å². The van der Waals surface area contributed by atoms with E-state index in [0.29, 0.717) is 12.3 Å². The predicted molar refractivity (Wildman–Crippen MR) is 52.8 cm³/mol. The van der Waals surface area contributed by atoms with E-state index in [4.69, 9.17) is 10.5 Å². The summed E-state index contributed by atoms with van der Waals surface area (Å²) in [5.74, 6) is 0.00153. The Balaban J connectivity index is 3.85. The molecule has 0 aromatic carbocycles. The summed E-state index contributed by atoms with van der Waals surface area (Å²) >= 11 is 0. The van der Waals surface area contributed by atoms with E-state index in [9.17, 15) is 8.42 Å². The Labute approximate surface area is 79.7 Å². The van der Waals surface area contributed by atoms with Gasteiger partial charge in [-0.1, -0.05) is 6.92 Å². The number of sulfone groups is 1. The summed E-state index contributed by atoms with van der Waals surface area (Å²) in [6.45, 7) is 4.35. The van der Waals surface area contributed by atoms with E-state index in [1.54, 1.807) is 6.92 Å². The van der Waals surface area contributed by atoms with E-state index < -0.39 is 9.84 Å². The summed E-state index contributed by atoms with van der Waals surface area (Å²) in [7, 11) is -3.17. The molecule has 0 bridgehead atoms. The molecule has 4 nitrogen and oxygen atoms in total. The number of rotatable bonds is 6. The monoisotopic (exact) mass is 207 g/mol. The molecular weight excluding hydrogens is 190 g/mol. The van der Waals surface area contributed by atoms with Crippen molar-refractivity contribution in [3.05, 3.63) is 11.1 Å². The van der Waals surface area contributed by atoms with Gasteiger partial charge in [0.2, 0.25) is 0 Å². The van der Waals surface area contributed by atoms with Gasteiger partial charge in [-0.3, -0.25) is 0 Å². The second-order valence-corrected chi connectivity index (χ2v) is 4.81. The molecule has 0 aliphatic heterocycles. The molecule has 0 atom stereocenters. The summed E-state index contributed by atoms with van der Waals surface area (Å²) in [6.07, 6.45) is 0.895. The van der Waals surface area contributed by atoms with Crippen LogP contribution in [0, 0.1) is 0 Å². The largest absolute Gasteiger partial charge is 0.402 e. The summed E-state index contributed by atoms with van der Waals surface area (Å²) in [6, 6.07) is 0. The average molecular weight is 207 g/mol. The molecule has 0 saturated heterocycles. The maximum absolute atomic E-state index is 11.2. The van der Waals surface area contributed by atoms with Crippen molar-refractivity contribution in [2.75, 3.05) is 19.0 Å². The highest BCUT2D eigenvalue weighted by atomic mass is 32.2. The second kappa shape index (κ2) is 5.99. The van der Waals surface area contributed by atoms with E-state index in [1.807, 2.05) is 6.92 Å². The van der Waals surface area contributed by atoms with Crippen LogP contribution >= 0.6 is 0 Å². The lowest BCUT2D eigenvalue weighted by atomic mass is 10.5. The van der Waals surface area contributed by atoms with Crippen LogP contribution in [0.2, 0.25) is 0 Å². The average Bonchev–Trinajstić information content (AvgIpc) is 1.95. The topological polar surface area (TPSA) is 69.4 Å². The third kappa shape index (κ3) is 7.80. The molecule has 2 N–H and O–H groups in total. The molecule has 5 heteroatoms. The molecule has 0 aliphatic rings. The normalized spacial score (nSPS) is 13.2. The maximum atomic E-state index is 11.2. The van der Waals surface area contributed by atoms with E-state index in [0.717, 1.165) is 11.8 Å². The standard InChI is InChI=1S/C8H17NO3S/c1-3-4-12-5-6-13(10,11)7-8(2)9/h7H,3-6,9H2,1-2H3. The first-order chi connectivity index (χ1) is 5.98. The molecule has 0 spiro atoms. The van der Waals surface area contributed by atoms with Gasteiger partial charge in [0.05, 0.1) is 12.4 Å². The van der Waals surface area contributed by atoms with Crippen molar-refractivity contribution in [1.82, 2.24) is 0 Å². The fourth-order valence-corrected chi connectivity index (χ4v) is 1.80. The van der Waals surface area contributed by atoms with Gasteiger partial charge in [0.15, 0.2) is 9.84 Å². The van der Waals surface area contributed by atoms with Crippen molar-refractivity contribution in [3.63, 3.8) is 0 Å². The first kappa shape index (κ1) is 12.4. The van der Waals surface area contributed by atoms with Gasteiger partial charge >= 0.3 is 0 Å². The van der Waals surface area contributed by atoms with Crippen LogP contribution in [0.4, 0.5) is 0 Å². The van der Waals surface area contributed by atoms with Crippen LogP contribution in [0.15, 0.2) is 11.1 Å². The highest BCUT2D eigenvalue weighted by Gasteiger charge is 2.06. The van der Waals surface area contributed by atoms with Crippen molar-refractivity contribution >= 4 is 9.84 Å². The maximum Gasteiger partial charge on any atom is 0.175 e. The molecule has 0 heterocycles. The van der Waals surface area contributed by atoms with Crippen molar-refractivity contribution < 1.29 is 13.2 Å². The number of ether oxygens (including phenoxy) is 1. The summed E-state index contributed by atoms with van der Waals surface area (Å²) in [5, 5.41) is 1.07. The van der Waals surface area contributed by atoms with Gasteiger partial charge < -0.3 is 10.5 Å². The SMILES string of the molecule is CCCOCCS(=O)(=O)C=C(C)N. The van der Waals surface area contributed by atoms with E-state index in [2.05, 4.69) is 0 Å². The Morgan fingerprint density at radius 3 is 2.54 bits per heavy atom. The van der Waals surface area contributed by atoms with Gasteiger partial charge in [-0.25, -0.2) is 8.42 Å². The lowest BCUT2D eigenvalue weighted by Gasteiger charge is -2.01.